The number of rotatable bonds is 1. The van der Waals surface area contributed by atoms with Crippen molar-refractivity contribution < 1.29 is 5.11 Å². The molecule has 4 nitrogen and oxygen atoms in total. The van der Waals surface area contributed by atoms with Crippen molar-refractivity contribution in [2.24, 2.45) is 0 Å². The van der Waals surface area contributed by atoms with E-state index in [1.165, 1.54) is 0 Å². The van der Waals surface area contributed by atoms with Gasteiger partial charge in [0.25, 0.3) is 0 Å². The maximum Gasteiger partial charge on any atom is 0.103 e. The predicted octanol–water partition coefficient (Wildman–Crippen LogP) is 0.812. The summed E-state index contributed by atoms with van der Waals surface area (Å²) in [6.07, 6.45) is 1.61. The van der Waals surface area contributed by atoms with Crippen molar-refractivity contribution in [3.8, 4) is 0 Å². The first kappa shape index (κ1) is 9.68. The Morgan fingerprint density at radius 3 is 2.79 bits per heavy atom. The summed E-state index contributed by atoms with van der Waals surface area (Å²) < 4.78 is 0. The maximum absolute atomic E-state index is 9.84. The van der Waals surface area contributed by atoms with E-state index in [9.17, 15) is 5.11 Å². The zero-order valence-corrected chi connectivity index (χ0v) is 8.67. The van der Waals surface area contributed by atoms with E-state index in [1.54, 1.807) is 0 Å². The van der Waals surface area contributed by atoms with E-state index >= 15 is 0 Å². The molecule has 78 valence electrons. The van der Waals surface area contributed by atoms with Crippen molar-refractivity contribution in [1.82, 2.24) is 15.3 Å². The molecule has 1 fully saturated rings. The van der Waals surface area contributed by atoms with E-state index in [2.05, 4.69) is 15.3 Å². The largest absolute Gasteiger partial charge is 0.391 e. The summed E-state index contributed by atoms with van der Waals surface area (Å²) in [5.74, 6) is 0.914. The first-order chi connectivity index (χ1) is 6.68. The van der Waals surface area contributed by atoms with E-state index in [-0.39, 0.29) is 12.1 Å². The Bertz CT molecular complexity index is 321. The first-order valence-electron chi connectivity index (χ1n) is 5.13. The van der Waals surface area contributed by atoms with Gasteiger partial charge in [0.1, 0.15) is 5.82 Å². The van der Waals surface area contributed by atoms with E-state index < -0.39 is 0 Å². The molecule has 0 spiro atoms. The number of aliphatic hydroxyl groups excluding tert-OH is 1. The minimum absolute atomic E-state index is 0.00806. The number of aliphatic hydroxyl groups is 1. The molecular formula is C10H17N3O. The van der Waals surface area contributed by atoms with Crippen molar-refractivity contribution in [3.63, 3.8) is 0 Å². The molecule has 0 amide bonds. The zero-order chi connectivity index (χ0) is 10.1. The van der Waals surface area contributed by atoms with Gasteiger partial charge in [0.2, 0.25) is 0 Å². The number of H-pyrrole nitrogens is 1. The quantitative estimate of drug-likeness (QED) is 0.621. The Balaban J connectivity index is 2.24. The summed E-state index contributed by atoms with van der Waals surface area (Å²) >= 11 is 0. The fourth-order valence-corrected chi connectivity index (χ4v) is 2.08. The van der Waals surface area contributed by atoms with Crippen LogP contribution < -0.4 is 5.32 Å². The van der Waals surface area contributed by atoms with Gasteiger partial charge >= 0.3 is 0 Å². The number of imidazole rings is 1. The molecule has 0 aromatic carbocycles. The van der Waals surface area contributed by atoms with Crippen LogP contribution in [0.25, 0.3) is 0 Å². The standard InChI is InChI=1S/C10H17N3O/c1-6-9(13-7(2)12-6)10-8(14)4-3-5-11-10/h8,10-11,14H,3-5H2,1-2H3,(H,12,13). The third-order valence-corrected chi connectivity index (χ3v) is 2.76. The Kier molecular flexibility index (Phi) is 2.56. The molecule has 1 aromatic rings. The number of nitrogens with one attached hydrogen (secondary N) is 2. The Hall–Kier alpha value is -0.870. The number of piperidine rings is 1. The monoisotopic (exact) mass is 195 g/mol. The number of aryl methyl sites for hydroxylation is 2. The van der Waals surface area contributed by atoms with Crippen molar-refractivity contribution in [1.29, 1.82) is 0 Å². The highest BCUT2D eigenvalue weighted by Crippen LogP contribution is 2.24. The Labute approximate surface area is 83.8 Å². The summed E-state index contributed by atoms with van der Waals surface area (Å²) in [6.45, 7) is 4.90. The Morgan fingerprint density at radius 2 is 2.21 bits per heavy atom. The fraction of sp³-hybridized carbons (Fsp3) is 0.700. The first-order valence-corrected chi connectivity index (χ1v) is 5.13. The molecule has 3 N–H and O–H groups in total. The lowest BCUT2D eigenvalue weighted by atomic mass is 9.98. The van der Waals surface area contributed by atoms with Gasteiger partial charge in [-0.3, -0.25) is 0 Å². The summed E-state index contributed by atoms with van der Waals surface area (Å²) in [7, 11) is 0. The summed E-state index contributed by atoms with van der Waals surface area (Å²) in [6, 6.07) is 0.00806. The van der Waals surface area contributed by atoms with Crippen LogP contribution in [-0.4, -0.2) is 27.7 Å². The van der Waals surface area contributed by atoms with Crippen LogP contribution in [-0.2, 0) is 0 Å². The number of aromatic amines is 1. The molecular weight excluding hydrogens is 178 g/mol. The van der Waals surface area contributed by atoms with E-state index in [1.807, 2.05) is 13.8 Å². The highest BCUT2D eigenvalue weighted by atomic mass is 16.3. The average molecular weight is 195 g/mol. The van der Waals surface area contributed by atoms with Crippen LogP contribution in [0.15, 0.2) is 0 Å². The fourth-order valence-electron chi connectivity index (χ4n) is 2.08. The average Bonchev–Trinajstić information content (AvgIpc) is 2.46. The number of aromatic nitrogens is 2. The number of nitrogens with zero attached hydrogens (tertiary/aromatic N) is 1. The lowest BCUT2D eigenvalue weighted by molar-refractivity contribution is 0.0946. The minimum atomic E-state index is -0.301. The van der Waals surface area contributed by atoms with Crippen LogP contribution in [0, 0.1) is 13.8 Å². The molecule has 1 aromatic heterocycles. The van der Waals surface area contributed by atoms with Gasteiger partial charge in [0, 0.05) is 5.69 Å². The molecule has 1 saturated heterocycles. The second kappa shape index (κ2) is 3.71. The van der Waals surface area contributed by atoms with E-state index in [0.29, 0.717) is 0 Å². The molecule has 0 bridgehead atoms. The van der Waals surface area contributed by atoms with Crippen LogP contribution in [0.1, 0.15) is 36.1 Å². The highest BCUT2D eigenvalue weighted by molar-refractivity contribution is 5.18. The molecule has 1 aliphatic rings. The molecule has 1 aliphatic heterocycles. The molecule has 0 aliphatic carbocycles. The molecule has 0 saturated carbocycles. The minimum Gasteiger partial charge on any atom is -0.391 e. The van der Waals surface area contributed by atoms with Crippen LogP contribution >= 0.6 is 0 Å². The lowest BCUT2D eigenvalue weighted by Crippen LogP contribution is -2.38. The van der Waals surface area contributed by atoms with Crippen molar-refractivity contribution >= 4 is 0 Å². The summed E-state index contributed by atoms with van der Waals surface area (Å²) in [4.78, 5) is 7.57. The van der Waals surface area contributed by atoms with Gasteiger partial charge in [-0.25, -0.2) is 4.98 Å². The van der Waals surface area contributed by atoms with Crippen LogP contribution in [0.4, 0.5) is 0 Å². The van der Waals surface area contributed by atoms with E-state index in [0.717, 1.165) is 36.6 Å². The number of hydrogen-bond donors (Lipinski definition) is 3. The van der Waals surface area contributed by atoms with Crippen LogP contribution in [0.5, 0.6) is 0 Å². The van der Waals surface area contributed by atoms with E-state index in [4.69, 9.17) is 0 Å². The highest BCUT2D eigenvalue weighted by Gasteiger charge is 2.27. The SMILES string of the molecule is Cc1nc(C2NCCCC2O)c(C)[nH]1. The lowest BCUT2D eigenvalue weighted by Gasteiger charge is -2.28. The summed E-state index contributed by atoms with van der Waals surface area (Å²) in [5, 5.41) is 13.1. The molecule has 0 radical (unpaired) electrons. The smallest absolute Gasteiger partial charge is 0.103 e. The van der Waals surface area contributed by atoms with Crippen molar-refractivity contribution in [2.45, 2.75) is 38.8 Å². The van der Waals surface area contributed by atoms with Gasteiger partial charge < -0.3 is 15.4 Å². The number of hydrogen-bond acceptors (Lipinski definition) is 3. The molecule has 14 heavy (non-hydrogen) atoms. The van der Waals surface area contributed by atoms with Crippen molar-refractivity contribution in [2.75, 3.05) is 6.54 Å². The molecule has 4 heteroatoms. The van der Waals surface area contributed by atoms with Crippen LogP contribution in [0.3, 0.4) is 0 Å². The third-order valence-electron chi connectivity index (χ3n) is 2.76. The molecule has 2 unspecified atom stereocenters. The zero-order valence-electron chi connectivity index (χ0n) is 8.67. The second-order valence-electron chi connectivity index (χ2n) is 3.97. The van der Waals surface area contributed by atoms with Crippen LogP contribution in [0.2, 0.25) is 0 Å². The molecule has 2 atom stereocenters. The van der Waals surface area contributed by atoms with Gasteiger partial charge in [0.15, 0.2) is 0 Å². The molecule has 2 rings (SSSR count). The maximum atomic E-state index is 9.84. The van der Waals surface area contributed by atoms with Gasteiger partial charge in [0.05, 0.1) is 17.8 Å². The Morgan fingerprint density at radius 1 is 1.43 bits per heavy atom. The third kappa shape index (κ3) is 1.67. The van der Waals surface area contributed by atoms with Gasteiger partial charge in [-0.15, -0.1) is 0 Å². The van der Waals surface area contributed by atoms with Gasteiger partial charge in [-0.1, -0.05) is 0 Å². The van der Waals surface area contributed by atoms with Gasteiger partial charge in [-0.05, 0) is 33.2 Å². The predicted molar refractivity (Wildman–Crippen MR) is 54.0 cm³/mol. The normalized spacial score (nSPS) is 27.9. The van der Waals surface area contributed by atoms with Crippen molar-refractivity contribution in [3.05, 3.63) is 17.2 Å². The topological polar surface area (TPSA) is 60.9 Å². The summed E-state index contributed by atoms with van der Waals surface area (Å²) in [5.41, 5.74) is 2.02. The molecule has 2 heterocycles. The van der Waals surface area contributed by atoms with Gasteiger partial charge in [-0.2, -0.15) is 0 Å². The second-order valence-corrected chi connectivity index (χ2v) is 3.97.